The number of carbonyl (C=O) groups excluding carboxylic acids is 3. The van der Waals surface area contributed by atoms with Crippen LogP contribution in [-0.4, -0.2) is 41.7 Å². The number of nitrogens with one attached hydrogen (secondary N) is 1. The highest BCUT2D eigenvalue weighted by Crippen LogP contribution is 2.28. The number of ether oxygens (including phenoxy) is 2. The summed E-state index contributed by atoms with van der Waals surface area (Å²) >= 11 is 4.85. The summed E-state index contributed by atoms with van der Waals surface area (Å²) in [7, 11) is 0. The standard InChI is InChI=1S/C21H24BrNO5S/c1-6-27-21(26)19-13(4)20(23-14(19)5)16(24)9-28-18(25)10-29-17-8-11(2)15(22)7-12(17)3/h7-8,23H,6,9-10H2,1-5H3. The summed E-state index contributed by atoms with van der Waals surface area (Å²) in [6.45, 7) is 8.89. The molecular weight excluding hydrogens is 458 g/mol. The zero-order valence-electron chi connectivity index (χ0n) is 17.1. The van der Waals surface area contributed by atoms with Gasteiger partial charge in [-0.05, 0) is 63.4 Å². The topological polar surface area (TPSA) is 85.5 Å². The van der Waals surface area contributed by atoms with Crippen LogP contribution in [-0.2, 0) is 14.3 Å². The molecule has 0 spiro atoms. The van der Waals surface area contributed by atoms with E-state index in [2.05, 4.69) is 20.9 Å². The summed E-state index contributed by atoms with van der Waals surface area (Å²) in [5.41, 5.74) is 3.78. The van der Waals surface area contributed by atoms with Gasteiger partial charge in [0.1, 0.15) is 0 Å². The van der Waals surface area contributed by atoms with E-state index in [1.54, 1.807) is 20.8 Å². The summed E-state index contributed by atoms with van der Waals surface area (Å²) in [5, 5.41) is 0. The average molecular weight is 482 g/mol. The van der Waals surface area contributed by atoms with Crippen molar-refractivity contribution in [2.24, 2.45) is 0 Å². The largest absolute Gasteiger partial charge is 0.462 e. The van der Waals surface area contributed by atoms with Crippen LogP contribution in [0.3, 0.4) is 0 Å². The van der Waals surface area contributed by atoms with Crippen molar-refractivity contribution in [1.29, 1.82) is 0 Å². The summed E-state index contributed by atoms with van der Waals surface area (Å²) in [6.07, 6.45) is 0. The molecule has 0 atom stereocenters. The van der Waals surface area contributed by atoms with Crippen LogP contribution in [0.15, 0.2) is 21.5 Å². The first-order chi connectivity index (χ1) is 13.6. The van der Waals surface area contributed by atoms with E-state index in [9.17, 15) is 14.4 Å². The molecule has 29 heavy (non-hydrogen) atoms. The summed E-state index contributed by atoms with van der Waals surface area (Å²) in [6, 6.07) is 4.01. The van der Waals surface area contributed by atoms with Gasteiger partial charge in [-0.1, -0.05) is 15.9 Å². The lowest BCUT2D eigenvalue weighted by molar-refractivity contribution is -0.139. The number of esters is 2. The number of hydrogen-bond donors (Lipinski definition) is 1. The van der Waals surface area contributed by atoms with Crippen LogP contribution in [0.5, 0.6) is 0 Å². The quantitative estimate of drug-likeness (QED) is 0.333. The summed E-state index contributed by atoms with van der Waals surface area (Å²) in [4.78, 5) is 40.5. The Morgan fingerprint density at radius 3 is 2.41 bits per heavy atom. The maximum absolute atomic E-state index is 12.5. The van der Waals surface area contributed by atoms with Crippen LogP contribution in [0, 0.1) is 27.7 Å². The maximum atomic E-state index is 12.5. The van der Waals surface area contributed by atoms with Gasteiger partial charge < -0.3 is 14.5 Å². The Bertz CT molecular complexity index is 951. The number of Topliss-reactive ketones (excluding diaryl/α,β-unsaturated/α-hetero) is 1. The molecule has 0 aliphatic heterocycles. The number of aromatic amines is 1. The number of benzene rings is 1. The van der Waals surface area contributed by atoms with E-state index in [1.807, 2.05) is 26.0 Å². The molecule has 0 unspecified atom stereocenters. The number of ketones is 1. The fourth-order valence-corrected chi connectivity index (χ4v) is 4.21. The second kappa shape index (κ2) is 10.1. The Morgan fingerprint density at radius 2 is 1.76 bits per heavy atom. The second-order valence-corrected chi connectivity index (χ2v) is 8.46. The first-order valence-electron chi connectivity index (χ1n) is 9.10. The molecule has 0 fully saturated rings. The Hall–Kier alpha value is -2.06. The van der Waals surface area contributed by atoms with Crippen molar-refractivity contribution in [3.05, 3.63) is 50.2 Å². The zero-order valence-corrected chi connectivity index (χ0v) is 19.5. The van der Waals surface area contributed by atoms with Crippen molar-refractivity contribution in [3.8, 4) is 0 Å². The fraction of sp³-hybridized carbons (Fsp3) is 0.381. The highest BCUT2D eigenvalue weighted by molar-refractivity contribution is 9.10. The Kier molecular flexibility index (Phi) is 8.10. The molecule has 1 heterocycles. The SMILES string of the molecule is CCOC(=O)c1c(C)[nH]c(C(=O)COC(=O)CSc2cc(C)c(Br)cc2C)c1C. The summed E-state index contributed by atoms with van der Waals surface area (Å²) in [5.74, 6) is -1.25. The molecule has 1 N–H and O–H groups in total. The number of carbonyl (C=O) groups is 3. The lowest BCUT2D eigenvalue weighted by Gasteiger charge is -2.09. The van der Waals surface area contributed by atoms with Gasteiger partial charge >= 0.3 is 11.9 Å². The highest BCUT2D eigenvalue weighted by Gasteiger charge is 2.23. The van der Waals surface area contributed by atoms with Gasteiger partial charge in [0.2, 0.25) is 5.78 Å². The third kappa shape index (κ3) is 5.73. The number of rotatable bonds is 8. The van der Waals surface area contributed by atoms with Crippen molar-refractivity contribution in [3.63, 3.8) is 0 Å². The van der Waals surface area contributed by atoms with E-state index in [4.69, 9.17) is 9.47 Å². The summed E-state index contributed by atoms with van der Waals surface area (Å²) < 4.78 is 11.2. The predicted molar refractivity (Wildman–Crippen MR) is 116 cm³/mol. The smallest absolute Gasteiger partial charge is 0.340 e. The first-order valence-corrected chi connectivity index (χ1v) is 10.9. The van der Waals surface area contributed by atoms with Crippen LogP contribution in [0.2, 0.25) is 0 Å². The minimum absolute atomic E-state index is 0.103. The molecule has 1 aromatic heterocycles. The highest BCUT2D eigenvalue weighted by atomic mass is 79.9. The molecule has 0 aliphatic rings. The minimum Gasteiger partial charge on any atom is -0.462 e. The maximum Gasteiger partial charge on any atom is 0.340 e. The Balaban J connectivity index is 1.96. The van der Waals surface area contributed by atoms with Crippen molar-refractivity contribution < 1.29 is 23.9 Å². The zero-order chi connectivity index (χ0) is 21.7. The third-order valence-electron chi connectivity index (χ3n) is 4.36. The number of aryl methyl sites for hydroxylation is 3. The first kappa shape index (κ1) is 23.2. The lowest BCUT2D eigenvalue weighted by atomic mass is 10.1. The lowest BCUT2D eigenvalue weighted by Crippen LogP contribution is -2.16. The van der Waals surface area contributed by atoms with E-state index in [-0.39, 0.29) is 24.7 Å². The monoisotopic (exact) mass is 481 g/mol. The van der Waals surface area contributed by atoms with Gasteiger partial charge in [0.15, 0.2) is 6.61 Å². The minimum atomic E-state index is -0.480. The van der Waals surface area contributed by atoms with Gasteiger partial charge in [0.05, 0.1) is 23.6 Å². The van der Waals surface area contributed by atoms with Gasteiger partial charge in [-0.25, -0.2) is 4.79 Å². The molecule has 1 aromatic carbocycles. The molecule has 0 amide bonds. The number of thioether (sulfide) groups is 1. The van der Waals surface area contributed by atoms with Crippen LogP contribution < -0.4 is 0 Å². The Labute approximate surface area is 182 Å². The number of aromatic nitrogens is 1. The molecule has 2 rings (SSSR count). The van der Waals surface area contributed by atoms with Crippen molar-refractivity contribution in [1.82, 2.24) is 4.98 Å². The number of halogens is 1. The van der Waals surface area contributed by atoms with Gasteiger partial charge in [-0.15, -0.1) is 11.8 Å². The molecule has 2 aromatic rings. The van der Waals surface area contributed by atoms with Gasteiger partial charge in [0, 0.05) is 15.1 Å². The van der Waals surface area contributed by atoms with Gasteiger partial charge in [-0.3, -0.25) is 9.59 Å². The van der Waals surface area contributed by atoms with Crippen LogP contribution in [0.25, 0.3) is 0 Å². The molecule has 0 bridgehead atoms. The molecule has 8 heteroatoms. The van der Waals surface area contributed by atoms with Crippen LogP contribution in [0.4, 0.5) is 0 Å². The van der Waals surface area contributed by atoms with Crippen molar-refractivity contribution in [2.45, 2.75) is 39.5 Å². The predicted octanol–water partition coefficient (Wildman–Crippen LogP) is 4.71. The molecular formula is C21H24BrNO5S. The van der Waals surface area contributed by atoms with Crippen LogP contribution in [0.1, 0.15) is 50.2 Å². The number of hydrogen-bond acceptors (Lipinski definition) is 6. The normalized spacial score (nSPS) is 10.7. The molecule has 156 valence electrons. The van der Waals surface area contributed by atoms with Crippen molar-refractivity contribution >= 4 is 45.4 Å². The molecule has 0 saturated heterocycles. The molecule has 0 saturated carbocycles. The van der Waals surface area contributed by atoms with E-state index < -0.39 is 17.7 Å². The molecule has 0 radical (unpaired) electrons. The van der Waals surface area contributed by atoms with Gasteiger partial charge in [-0.2, -0.15) is 0 Å². The average Bonchev–Trinajstić information content (AvgIpc) is 2.96. The molecule has 6 nitrogen and oxygen atoms in total. The molecule has 0 aliphatic carbocycles. The second-order valence-electron chi connectivity index (χ2n) is 6.58. The Morgan fingerprint density at radius 1 is 1.07 bits per heavy atom. The van der Waals surface area contributed by atoms with Crippen LogP contribution >= 0.6 is 27.7 Å². The fourth-order valence-electron chi connectivity index (χ4n) is 2.84. The van der Waals surface area contributed by atoms with E-state index in [0.717, 1.165) is 20.5 Å². The van der Waals surface area contributed by atoms with E-state index >= 15 is 0 Å². The third-order valence-corrected chi connectivity index (χ3v) is 6.35. The van der Waals surface area contributed by atoms with E-state index in [0.29, 0.717) is 16.8 Å². The van der Waals surface area contributed by atoms with E-state index in [1.165, 1.54) is 11.8 Å². The van der Waals surface area contributed by atoms with Gasteiger partial charge in [0.25, 0.3) is 0 Å². The number of H-pyrrole nitrogens is 1. The van der Waals surface area contributed by atoms with Crippen molar-refractivity contribution in [2.75, 3.05) is 19.0 Å².